The Kier molecular flexibility index (Phi) is 5.15. The lowest BCUT2D eigenvalue weighted by molar-refractivity contribution is 0.410. The van der Waals surface area contributed by atoms with Crippen LogP contribution in [0.3, 0.4) is 0 Å². The molecule has 4 heteroatoms. The van der Waals surface area contributed by atoms with Crippen LogP contribution in [0.4, 0.5) is 4.39 Å². The van der Waals surface area contributed by atoms with Gasteiger partial charge in [-0.1, -0.05) is 34.1 Å². The molecular formula is C16H17BrFNO. The van der Waals surface area contributed by atoms with Crippen LogP contribution in [0.25, 0.3) is 0 Å². The molecule has 0 heterocycles. The van der Waals surface area contributed by atoms with E-state index in [0.29, 0.717) is 17.9 Å². The van der Waals surface area contributed by atoms with Gasteiger partial charge in [0.05, 0.1) is 7.11 Å². The quantitative estimate of drug-likeness (QED) is 0.870. The molecule has 0 aliphatic carbocycles. The third-order valence-corrected chi connectivity index (χ3v) is 3.76. The van der Waals surface area contributed by atoms with E-state index in [0.717, 1.165) is 4.47 Å². The Morgan fingerprint density at radius 1 is 1.20 bits per heavy atom. The molecule has 0 aliphatic rings. The van der Waals surface area contributed by atoms with Crippen molar-refractivity contribution in [2.75, 3.05) is 7.11 Å². The highest BCUT2D eigenvalue weighted by Crippen LogP contribution is 2.19. The molecule has 2 aromatic carbocycles. The number of methoxy groups -OCH3 is 1. The van der Waals surface area contributed by atoms with Gasteiger partial charge in [-0.3, -0.25) is 0 Å². The lowest BCUT2D eigenvalue weighted by Gasteiger charge is -2.15. The molecule has 0 fully saturated rings. The molecular weight excluding hydrogens is 321 g/mol. The van der Waals surface area contributed by atoms with Crippen LogP contribution < -0.4 is 10.1 Å². The zero-order valence-corrected chi connectivity index (χ0v) is 13.1. The molecule has 0 bridgehead atoms. The van der Waals surface area contributed by atoms with Crippen molar-refractivity contribution in [3.63, 3.8) is 0 Å². The van der Waals surface area contributed by atoms with E-state index in [1.165, 1.54) is 18.7 Å². The van der Waals surface area contributed by atoms with E-state index in [1.807, 2.05) is 24.3 Å². The molecule has 2 rings (SSSR count). The minimum Gasteiger partial charge on any atom is -0.497 e. The summed E-state index contributed by atoms with van der Waals surface area (Å²) in [5.41, 5.74) is 1.80. The molecule has 0 spiro atoms. The van der Waals surface area contributed by atoms with Crippen LogP contribution >= 0.6 is 15.9 Å². The molecule has 1 N–H and O–H groups in total. The number of hydrogen-bond acceptors (Lipinski definition) is 2. The smallest absolute Gasteiger partial charge is 0.131 e. The zero-order chi connectivity index (χ0) is 14.5. The van der Waals surface area contributed by atoms with Crippen molar-refractivity contribution in [3.8, 4) is 5.75 Å². The van der Waals surface area contributed by atoms with Gasteiger partial charge in [-0.2, -0.15) is 0 Å². The Morgan fingerprint density at radius 3 is 2.50 bits per heavy atom. The Balaban J connectivity index is 1.99. The molecule has 2 aromatic rings. The van der Waals surface area contributed by atoms with Gasteiger partial charge in [0.1, 0.15) is 11.6 Å². The Morgan fingerprint density at radius 2 is 1.90 bits per heavy atom. The second-order valence-corrected chi connectivity index (χ2v) is 5.53. The molecule has 0 amide bonds. The van der Waals surface area contributed by atoms with E-state index in [1.54, 1.807) is 12.1 Å². The lowest BCUT2D eigenvalue weighted by Crippen LogP contribution is -2.18. The average Bonchev–Trinajstić information content (AvgIpc) is 2.46. The molecule has 2 nitrogen and oxygen atoms in total. The van der Waals surface area contributed by atoms with Gasteiger partial charge in [0.2, 0.25) is 0 Å². The SMILES string of the molecule is COc1ccc(CN[C@H](C)c2ccc(Br)cc2)c(F)c1. The molecule has 0 saturated heterocycles. The van der Waals surface area contributed by atoms with Crippen molar-refractivity contribution in [1.29, 1.82) is 0 Å². The molecule has 1 atom stereocenters. The topological polar surface area (TPSA) is 21.3 Å². The summed E-state index contributed by atoms with van der Waals surface area (Å²) in [6, 6.07) is 13.2. The van der Waals surface area contributed by atoms with Crippen molar-refractivity contribution in [1.82, 2.24) is 5.32 Å². The van der Waals surface area contributed by atoms with Crippen molar-refractivity contribution in [2.45, 2.75) is 19.5 Å². The molecule has 0 aliphatic heterocycles. The van der Waals surface area contributed by atoms with E-state index in [2.05, 4.69) is 28.2 Å². The van der Waals surface area contributed by atoms with Gasteiger partial charge in [-0.05, 0) is 30.7 Å². The zero-order valence-electron chi connectivity index (χ0n) is 11.5. The van der Waals surface area contributed by atoms with Gasteiger partial charge in [0, 0.05) is 28.7 Å². The van der Waals surface area contributed by atoms with Gasteiger partial charge in [0.15, 0.2) is 0 Å². The fourth-order valence-corrected chi connectivity index (χ4v) is 2.20. The van der Waals surface area contributed by atoms with Gasteiger partial charge >= 0.3 is 0 Å². The molecule has 0 unspecified atom stereocenters. The summed E-state index contributed by atoms with van der Waals surface area (Å²) in [7, 11) is 1.53. The molecule has 0 saturated carbocycles. The standard InChI is InChI=1S/C16H17BrFNO/c1-11(12-3-6-14(17)7-4-12)19-10-13-5-8-15(20-2)9-16(13)18/h3-9,11,19H,10H2,1-2H3/t11-/m1/s1. The third kappa shape index (κ3) is 3.81. The second-order valence-electron chi connectivity index (χ2n) is 4.61. The number of nitrogens with one attached hydrogen (secondary N) is 1. The first kappa shape index (κ1) is 15.0. The summed E-state index contributed by atoms with van der Waals surface area (Å²) in [6.45, 7) is 2.54. The minimum absolute atomic E-state index is 0.157. The number of hydrogen-bond donors (Lipinski definition) is 1. The normalized spacial score (nSPS) is 12.2. The van der Waals surface area contributed by atoms with Gasteiger partial charge in [0.25, 0.3) is 0 Å². The fraction of sp³-hybridized carbons (Fsp3) is 0.250. The van der Waals surface area contributed by atoms with Crippen molar-refractivity contribution >= 4 is 15.9 Å². The van der Waals surface area contributed by atoms with E-state index < -0.39 is 0 Å². The molecule has 0 aromatic heterocycles. The summed E-state index contributed by atoms with van der Waals surface area (Å²) in [5.74, 6) is 0.284. The van der Waals surface area contributed by atoms with E-state index >= 15 is 0 Å². The number of halogens is 2. The summed E-state index contributed by atoms with van der Waals surface area (Å²) in [6.07, 6.45) is 0. The number of ether oxygens (including phenoxy) is 1. The van der Waals surface area contributed by atoms with Gasteiger partial charge in [-0.15, -0.1) is 0 Å². The average molecular weight is 338 g/mol. The van der Waals surface area contributed by atoms with Crippen LogP contribution in [0.5, 0.6) is 5.75 Å². The molecule has 106 valence electrons. The van der Waals surface area contributed by atoms with Crippen molar-refractivity contribution in [2.24, 2.45) is 0 Å². The van der Waals surface area contributed by atoms with Crippen LogP contribution in [0.2, 0.25) is 0 Å². The summed E-state index contributed by atoms with van der Waals surface area (Å²) in [5, 5.41) is 3.32. The highest BCUT2D eigenvalue weighted by atomic mass is 79.9. The molecule has 0 radical (unpaired) electrons. The predicted molar refractivity (Wildman–Crippen MR) is 82.3 cm³/mol. The highest BCUT2D eigenvalue weighted by molar-refractivity contribution is 9.10. The first-order chi connectivity index (χ1) is 9.60. The summed E-state index contributed by atoms with van der Waals surface area (Å²) in [4.78, 5) is 0. The molecule has 20 heavy (non-hydrogen) atoms. The summed E-state index contributed by atoms with van der Waals surface area (Å²) >= 11 is 3.41. The maximum absolute atomic E-state index is 13.8. The van der Waals surface area contributed by atoms with Gasteiger partial charge in [-0.25, -0.2) is 4.39 Å². The number of rotatable bonds is 5. The van der Waals surface area contributed by atoms with E-state index in [9.17, 15) is 4.39 Å². The van der Waals surface area contributed by atoms with Crippen molar-refractivity contribution in [3.05, 3.63) is 63.9 Å². The largest absolute Gasteiger partial charge is 0.497 e. The van der Waals surface area contributed by atoms with Crippen LogP contribution in [-0.2, 0) is 6.54 Å². The maximum Gasteiger partial charge on any atom is 0.131 e. The Hall–Kier alpha value is -1.39. The highest BCUT2D eigenvalue weighted by Gasteiger charge is 2.08. The fourth-order valence-electron chi connectivity index (χ4n) is 1.93. The lowest BCUT2D eigenvalue weighted by atomic mass is 10.1. The van der Waals surface area contributed by atoms with Crippen LogP contribution in [-0.4, -0.2) is 7.11 Å². The Labute approximate surface area is 127 Å². The summed E-state index contributed by atoms with van der Waals surface area (Å²) < 4.78 is 19.9. The third-order valence-electron chi connectivity index (χ3n) is 3.23. The monoisotopic (exact) mass is 337 g/mol. The minimum atomic E-state index is -0.250. The van der Waals surface area contributed by atoms with Crippen LogP contribution in [0.15, 0.2) is 46.9 Å². The Bertz CT molecular complexity index is 571. The maximum atomic E-state index is 13.8. The van der Waals surface area contributed by atoms with Crippen LogP contribution in [0, 0.1) is 5.82 Å². The van der Waals surface area contributed by atoms with Crippen molar-refractivity contribution < 1.29 is 9.13 Å². The predicted octanol–water partition coefficient (Wildman–Crippen LogP) is 4.45. The number of benzene rings is 2. The van der Waals surface area contributed by atoms with Gasteiger partial charge < -0.3 is 10.1 Å². The second kappa shape index (κ2) is 6.86. The first-order valence-electron chi connectivity index (χ1n) is 6.41. The van der Waals surface area contributed by atoms with E-state index in [4.69, 9.17) is 4.74 Å². The van der Waals surface area contributed by atoms with Crippen LogP contribution in [0.1, 0.15) is 24.1 Å². The van der Waals surface area contributed by atoms with E-state index in [-0.39, 0.29) is 11.9 Å². The first-order valence-corrected chi connectivity index (χ1v) is 7.20.